The highest BCUT2D eigenvalue weighted by atomic mass is 16.5. The van der Waals surface area contributed by atoms with Crippen molar-refractivity contribution >= 4 is 0 Å². The topological polar surface area (TPSA) is 33.3 Å². The molecule has 0 saturated carbocycles. The Morgan fingerprint density at radius 3 is 2.00 bits per heavy atom. The Morgan fingerprint density at radius 2 is 1.73 bits per heavy atom. The van der Waals surface area contributed by atoms with Gasteiger partial charge in [-0.15, -0.1) is 0 Å². The number of hydrogen-bond donors (Lipinski definition) is 2. The van der Waals surface area contributed by atoms with E-state index in [2.05, 4.69) is 31.4 Å². The van der Waals surface area contributed by atoms with Gasteiger partial charge in [-0.3, -0.25) is 10.6 Å². The fourth-order valence-corrected chi connectivity index (χ4v) is 0.665. The minimum atomic E-state index is -0.0588. The highest BCUT2D eigenvalue weighted by Crippen LogP contribution is 2.13. The van der Waals surface area contributed by atoms with E-state index in [0.29, 0.717) is 0 Å². The van der Waals surface area contributed by atoms with Crippen LogP contribution in [0.5, 0.6) is 0 Å². The molecule has 0 aromatic rings. The second kappa shape index (κ2) is 4.70. The molecule has 11 heavy (non-hydrogen) atoms. The number of ether oxygens (including phenoxy) is 1. The maximum Gasteiger partial charge on any atom is 0.163 e. The fraction of sp³-hybridized carbons (Fsp3) is 1.00. The molecule has 0 aliphatic rings. The lowest BCUT2D eigenvalue weighted by Crippen LogP contribution is -2.45. The van der Waals surface area contributed by atoms with E-state index in [1.165, 1.54) is 0 Å². The monoisotopic (exact) mass is 160 g/mol. The van der Waals surface area contributed by atoms with Crippen LogP contribution in [0.1, 0.15) is 27.2 Å². The molecule has 0 aromatic carbocycles. The molecule has 3 heteroatoms. The van der Waals surface area contributed by atoms with Crippen LogP contribution in [-0.2, 0) is 4.74 Å². The molecule has 0 aromatic heterocycles. The normalized spacial score (nSPS) is 12.5. The molecule has 0 aliphatic heterocycles. The second-order valence-electron chi connectivity index (χ2n) is 3.19. The third kappa shape index (κ3) is 4.35. The predicted molar refractivity (Wildman–Crippen MR) is 47.4 cm³/mol. The van der Waals surface area contributed by atoms with Crippen LogP contribution < -0.4 is 10.6 Å². The Kier molecular flexibility index (Phi) is 4.65. The highest BCUT2D eigenvalue weighted by Gasteiger charge is 2.19. The van der Waals surface area contributed by atoms with Gasteiger partial charge in [0.1, 0.15) is 0 Å². The van der Waals surface area contributed by atoms with Crippen molar-refractivity contribution in [2.75, 3.05) is 14.1 Å². The lowest BCUT2D eigenvalue weighted by atomic mass is 10.1. The first-order valence-electron chi connectivity index (χ1n) is 4.08. The van der Waals surface area contributed by atoms with Gasteiger partial charge in [0.05, 0.1) is 5.60 Å². The molecule has 0 heterocycles. The molecule has 0 spiro atoms. The molecule has 0 amide bonds. The zero-order valence-electron chi connectivity index (χ0n) is 8.19. The van der Waals surface area contributed by atoms with Gasteiger partial charge in [-0.05, 0) is 34.4 Å². The lowest BCUT2D eigenvalue weighted by molar-refractivity contribution is -0.0957. The Morgan fingerprint density at radius 1 is 1.27 bits per heavy atom. The van der Waals surface area contributed by atoms with Gasteiger partial charge < -0.3 is 4.74 Å². The Balaban J connectivity index is 3.79. The molecule has 0 rings (SSSR count). The van der Waals surface area contributed by atoms with Gasteiger partial charge in [-0.1, -0.05) is 6.92 Å². The van der Waals surface area contributed by atoms with Gasteiger partial charge in [0.2, 0.25) is 0 Å². The van der Waals surface area contributed by atoms with Crippen LogP contribution in [0.25, 0.3) is 0 Å². The third-order valence-corrected chi connectivity index (χ3v) is 1.81. The fourth-order valence-electron chi connectivity index (χ4n) is 0.665. The highest BCUT2D eigenvalue weighted by molar-refractivity contribution is 4.66. The van der Waals surface area contributed by atoms with Crippen molar-refractivity contribution in [1.29, 1.82) is 0 Å². The summed E-state index contributed by atoms with van der Waals surface area (Å²) in [6.45, 7) is 6.27. The zero-order valence-corrected chi connectivity index (χ0v) is 8.19. The number of hydrogen-bond acceptors (Lipinski definition) is 3. The summed E-state index contributed by atoms with van der Waals surface area (Å²) in [7, 11) is 3.74. The summed E-state index contributed by atoms with van der Waals surface area (Å²) in [5.41, 5.74) is -0.0588. The SMILES string of the molecule is CCC(C)(C)OC(NC)NC. The van der Waals surface area contributed by atoms with Crippen LogP contribution in [0, 0.1) is 0 Å². The molecule has 0 radical (unpaired) electrons. The van der Waals surface area contributed by atoms with E-state index >= 15 is 0 Å². The van der Waals surface area contributed by atoms with Gasteiger partial charge in [-0.25, -0.2) is 0 Å². The Bertz CT molecular complexity index is 100. The summed E-state index contributed by atoms with van der Waals surface area (Å²) in [5, 5.41) is 6.02. The Labute approximate surface area is 69.5 Å². The van der Waals surface area contributed by atoms with Gasteiger partial charge >= 0.3 is 0 Å². The van der Waals surface area contributed by atoms with E-state index in [0.717, 1.165) is 6.42 Å². The first-order chi connectivity index (χ1) is 5.05. The average Bonchev–Trinajstić information content (AvgIpc) is 2.00. The molecule has 0 saturated heterocycles. The third-order valence-electron chi connectivity index (χ3n) is 1.81. The van der Waals surface area contributed by atoms with Crippen molar-refractivity contribution in [1.82, 2.24) is 10.6 Å². The van der Waals surface area contributed by atoms with Crippen LogP contribution in [0.3, 0.4) is 0 Å². The first kappa shape index (κ1) is 10.9. The van der Waals surface area contributed by atoms with Crippen molar-refractivity contribution in [3.63, 3.8) is 0 Å². The summed E-state index contributed by atoms with van der Waals surface area (Å²) in [5.74, 6) is 0. The van der Waals surface area contributed by atoms with Gasteiger partial charge in [-0.2, -0.15) is 0 Å². The molecular weight excluding hydrogens is 140 g/mol. The summed E-state index contributed by atoms with van der Waals surface area (Å²) in [6, 6.07) is 0. The maximum atomic E-state index is 5.66. The minimum Gasteiger partial charge on any atom is -0.344 e. The second-order valence-corrected chi connectivity index (χ2v) is 3.19. The van der Waals surface area contributed by atoms with Crippen LogP contribution >= 0.6 is 0 Å². The van der Waals surface area contributed by atoms with E-state index in [1.807, 2.05) is 14.1 Å². The van der Waals surface area contributed by atoms with Crippen LogP contribution in [0.4, 0.5) is 0 Å². The van der Waals surface area contributed by atoms with Crippen molar-refractivity contribution in [3.05, 3.63) is 0 Å². The lowest BCUT2D eigenvalue weighted by Gasteiger charge is -2.29. The maximum absolute atomic E-state index is 5.66. The average molecular weight is 160 g/mol. The molecule has 0 bridgehead atoms. The molecule has 0 unspecified atom stereocenters. The van der Waals surface area contributed by atoms with Crippen LogP contribution in [0.15, 0.2) is 0 Å². The summed E-state index contributed by atoms with van der Waals surface area (Å²) in [6.07, 6.45) is 0.956. The quantitative estimate of drug-likeness (QED) is 0.587. The van der Waals surface area contributed by atoms with E-state index in [4.69, 9.17) is 4.74 Å². The molecule has 2 N–H and O–H groups in total. The molecule has 3 nitrogen and oxygen atoms in total. The summed E-state index contributed by atoms with van der Waals surface area (Å²) >= 11 is 0. The van der Waals surface area contributed by atoms with E-state index < -0.39 is 0 Å². The molecule has 0 aliphatic carbocycles. The van der Waals surface area contributed by atoms with Gasteiger partial charge in [0.25, 0.3) is 0 Å². The van der Waals surface area contributed by atoms with E-state index in [-0.39, 0.29) is 12.0 Å². The molecule has 0 fully saturated rings. The molecule has 0 atom stereocenters. The van der Waals surface area contributed by atoms with Crippen molar-refractivity contribution in [3.8, 4) is 0 Å². The van der Waals surface area contributed by atoms with Gasteiger partial charge in [0.15, 0.2) is 6.35 Å². The van der Waals surface area contributed by atoms with Crippen LogP contribution in [0.2, 0.25) is 0 Å². The minimum absolute atomic E-state index is 0.0510. The first-order valence-corrected chi connectivity index (χ1v) is 4.08. The van der Waals surface area contributed by atoms with E-state index in [1.54, 1.807) is 0 Å². The Hall–Kier alpha value is -0.120. The van der Waals surface area contributed by atoms with Crippen molar-refractivity contribution in [2.45, 2.75) is 39.1 Å². The number of nitrogens with one attached hydrogen (secondary N) is 2. The number of rotatable bonds is 5. The van der Waals surface area contributed by atoms with Crippen molar-refractivity contribution < 1.29 is 4.74 Å². The largest absolute Gasteiger partial charge is 0.344 e. The van der Waals surface area contributed by atoms with Gasteiger partial charge in [0, 0.05) is 0 Å². The summed E-state index contributed by atoms with van der Waals surface area (Å²) in [4.78, 5) is 0. The molecule has 68 valence electrons. The van der Waals surface area contributed by atoms with Crippen LogP contribution in [-0.4, -0.2) is 26.0 Å². The summed E-state index contributed by atoms with van der Waals surface area (Å²) < 4.78 is 5.66. The van der Waals surface area contributed by atoms with E-state index in [9.17, 15) is 0 Å². The van der Waals surface area contributed by atoms with Crippen molar-refractivity contribution in [2.24, 2.45) is 0 Å². The standard InChI is InChI=1S/C8H20N2O/c1-6-8(2,3)11-7(9-4)10-5/h7,9-10H,6H2,1-5H3. The smallest absolute Gasteiger partial charge is 0.163 e. The predicted octanol–water partition coefficient (Wildman–Crippen LogP) is 0.914. The zero-order chi connectivity index (χ0) is 8.91. The molecular formula is C8H20N2O.